The van der Waals surface area contributed by atoms with Crippen LogP contribution in [0, 0.1) is 5.82 Å². The van der Waals surface area contributed by atoms with Crippen molar-refractivity contribution in [2.45, 2.75) is 6.92 Å². The number of rotatable bonds is 3. The first kappa shape index (κ1) is 11.1. The van der Waals surface area contributed by atoms with Crippen LogP contribution in [0.5, 0.6) is 0 Å². The van der Waals surface area contributed by atoms with Crippen molar-refractivity contribution in [3.05, 3.63) is 42.2 Å². The largest absolute Gasteiger partial charge is 0.323 e. The normalized spacial score (nSPS) is 10.3. The second-order valence-electron chi connectivity index (χ2n) is 2.94. The van der Waals surface area contributed by atoms with E-state index >= 15 is 0 Å². The van der Waals surface area contributed by atoms with Crippen molar-refractivity contribution in [1.82, 2.24) is 0 Å². The van der Waals surface area contributed by atoms with Crippen molar-refractivity contribution < 1.29 is 14.0 Å². The highest BCUT2D eigenvalue weighted by atomic mass is 19.1. The summed E-state index contributed by atoms with van der Waals surface area (Å²) in [5.74, 6) is -0.992. The maximum atomic E-state index is 12.5. The Labute approximate surface area is 86.6 Å². The van der Waals surface area contributed by atoms with E-state index in [-0.39, 0.29) is 11.6 Å². The maximum absolute atomic E-state index is 12.5. The third-order valence-corrected chi connectivity index (χ3v) is 1.58. The summed E-state index contributed by atoms with van der Waals surface area (Å²) in [7, 11) is 0. The van der Waals surface area contributed by atoms with E-state index in [1.54, 1.807) is 0 Å². The molecule has 15 heavy (non-hydrogen) atoms. The molecule has 1 aromatic rings. The average molecular weight is 207 g/mol. The standard InChI is InChI=1S/C11H10FNO2/c1-8(14)2-7-11(15)13-10-5-3-9(12)4-6-10/h2-7H,1H3,(H,13,15)/b7-2+. The van der Waals surface area contributed by atoms with Gasteiger partial charge in [0.1, 0.15) is 5.82 Å². The fraction of sp³-hybridized carbons (Fsp3) is 0.0909. The molecule has 0 saturated heterocycles. The second kappa shape index (κ2) is 5.05. The third kappa shape index (κ3) is 4.17. The Morgan fingerprint density at radius 3 is 2.33 bits per heavy atom. The van der Waals surface area contributed by atoms with Crippen molar-refractivity contribution in [1.29, 1.82) is 0 Å². The average Bonchev–Trinajstić information content (AvgIpc) is 2.19. The van der Waals surface area contributed by atoms with Crippen molar-refractivity contribution in [2.75, 3.05) is 5.32 Å². The number of carbonyl (C=O) groups excluding carboxylic acids is 2. The van der Waals surface area contributed by atoms with E-state index in [2.05, 4.69) is 5.32 Å². The zero-order valence-corrected chi connectivity index (χ0v) is 8.16. The van der Waals surface area contributed by atoms with E-state index in [1.165, 1.54) is 37.3 Å². The number of carbonyl (C=O) groups is 2. The summed E-state index contributed by atoms with van der Waals surface area (Å²) < 4.78 is 12.5. The van der Waals surface area contributed by atoms with Gasteiger partial charge in [-0.25, -0.2) is 4.39 Å². The van der Waals surface area contributed by atoms with Crippen LogP contribution in [0.15, 0.2) is 36.4 Å². The molecule has 0 atom stereocenters. The number of benzene rings is 1. The zero-order valence-electron chi connectivity index (χ0n) is 8.16. The predicted octanol–water partition coefficient (Wildman–Crippen LogP) is 1.91. The van der Waals surface area contributed by atoms with Crippen LogP contribution in [-0.2, 0) is 9.59 Å². The summed E-state index contributed by atoms with van der Waals surface area (Å²) >= 11 is 0. The van der Waals surface area contributed by atoms with Crippen LogP contribution in [0.4, 0.5) is 10.1 Å². The Kier molecular flexibility index (Phi) is 3.74. The van der Waals surface area contributed by atoms with Crippen LogP contribution in [-0.4, -0.2) is 11.7 Å². The number of allylic oxidation sites excluding steroid dienone is 1. The minimum atomic E-state index is -0.420. The fourth-order valence-electron chi connectivity index (χ4n) is 0.910. The van der Waals surface area contributed by atoms with Gasteiger partial charge in [-0.1, -0.05) is 0 Å². The Morgan fingerprint density at radius 2 is 1.80 bits per heavy atom. The number of ketones is 1. The van der Waals surface area contributed by atoms with Crippen molar-refractivity contribution in [3.8, 4) is 0 Å². The Morgan fingerprint density at radius 1 is 1.20 bits per heavy atom. The van der Waals surface area contributed by atoms with Crippen LogP contribution in [0.3, 0.4) is 0 Å². The van der Waals surface area contributed by atoms with Gasteiger partial charge >= 0.3 is 0 Å². The zero-order chi connectivity index (χ0) is 11.3. The summed E-state index contributed by atoms with van der Waals surface area (Å²) in [4.78, 5) is 21.7. The van der Waals surface area contributed by atoms with Gasteiger partial charge in [-0.2, -0.15) is 0 Å². The van der Waals surface area contributed by atoms with Crippen LogP contribution < -0.4 is 5.32 Å². The van der Waals surface area contributed by atoms with Crippen molar-refractivity contribution in [3.63, 3.8) is 0 Å². The van der Waals surface area contributed by atoms with Gasteiger partial charge in [-0.05, 0) is 37.3 Å². The minimum Gasteiger partial charge on any atom is -0.323 e. The number of amides is 1. The second-order valence-corrected chi connectivity index (χ2v) is 2.94. The van der Waals surface area contributed by atoms with Crippen LogP contribution >= 0.6 is 0 Å². The van der Waals surface area contributed by atoms with E-state index in [1.807, 2.05) is 0 Å². The number of hydrogen-bond donors (Lipinski definition) is 1. The molecule has 1 aromatic carbocycles. The SMILES string of the molecule is CC(=O)/C=C/C(=O)Nc1ccc(F)cc1. The highest BCUT2D eigenvalue weighted by molar-refractivity contribution is 6.03. The number of halogens is 1. The summed E-state index contributed by atoms with van der Waals surface area (Å²) in [5, 5.41) is 2.48. The van der Waals surface area contributed by atoms with E-state index in [9.17, 15) is 14.0 Å². The highest BCUT2D eigenvalue weighted by Crippen LogP contribution is 2.07. The van der Waals surface area contributed by atoms with Gasteiger partial charge in [0.05, 0.1) is 0 Å². The van der Waals surface area contributed by atoms with Gasteiger partial charge in [0.15, 0.2) is 5.78 Å². The topological polar surface area (TPSA) is 46.2 Å². The van der Waals surface area contributed by atoms with Gasteiger partial charge in [0.25, 0.3) is 0 Å². The van der Waals surface area contributed by atoms with Gasteiger partial charge in [-0.3, -0.25) is 9.59 Å². The molecule has 0 heterocycles. The van der Waals surface area contributed by atoms with E-state index in [0.717, 1.165) is 6.08 Å². The Hall–Kier alpha value is -1.97. The molecule has 0 fully saturated rings. The third-order valence-electron chi connectivity index (χ3n) is 1.58. The first-order valence-corrected chi connectivity index (χ1v) is 4.33. The molecule has 0 unspecified atom stereocenters. The summed E-state index contributed by atoms with van der Waals surface area (Å²) in [5.41, 5.74) is 0.481. The molecular formula is C11H10FNO2. The molecule has 0 aliphatic carbocycles. The smallest absolute Gasteiger partial charge is 0.248 e. The maximum Gasteiger partial charge on any atom is 0.248 e. The molecular weight excluding hydrogens is 197 g/mol. The molecule has 1 rings (SSSR count). The molecule has 0 bridgehead atoms. The highest BCUT2D eigenvalue weighted by Gasteiger charge is 1.97. The quantitative estimate of drug-likeness (QED) is 0.769. The molecule has 0 radical (unpaired) electrons. The van der Waals surface area contributed by atoms with Crippen LogP contribution in [0.25, 0.3) is 0 Å². The molecule has 0 aliphatic heterocycles. The van der Waals surface area contributed by atoms with E-state index < -0.39 is 5.91 Å². The monoisotopic (exact) mass is 207 g/mol. The van der Waals surface area contributed by atoms with Gasteiger partial charge in [0, 0.05) is 11.8 Å². The lowest BCUT2D eigenvalue weighted by Gasteiger charge is -2.00. The van der Waals surface area contributed by atoms with Crippen LogP contribution in [0.1, 0.15) is 6.92 Å². The predicted molar refractivity (Wildman–Crippen MR) is 54.9 cm³/mol. The molecule has 0 aromatic heterocycles. The van der Waals surface area contributed by atoms with Gasteiger partial charge in [0.2, 0.25) is 5.91 Å². The van der Waals surface area contributed by atoms with Gasteiger partial charge < -0.3 is 5.32 Å². The molecule has 4 heteroatoms. The molecule has 1 N–H and O–H groups in total. The molecule has 1 amide bonds. The number of nitrogens with one attached hydrogen (secondary N) is 1. The molecule has 0 aliphatic rings. The van der Waals surface area contributed by atoms with Crippen LogP contribution in [0.2, 0.25) is 0 Å². The van der Waals surface area contributed by atoms with E-state index in [0.29, 0.717) is 5.69 Å². The first-order chi connectivity index (χ1) is 7.08. The van der Waals surface area contributed by atoms with Crippen molar-refractivity contribution in [2.24, 2.45) is 0 Å². The summed E-state index contributed by atoms with van der Waals surface area (Å²) in [6.45, 7) is 1.35. The van der Waals surface area contributed by atoms with E-state index in [4.69, 9.17) is 0 Å². The Balaban J connectivity index is 2.59. The number of hydrogen-bond acceptors (Lipinski definition) is 2. The molecule has 0 saturated carbocycles. The summed E-state index contributed by atoms with van der Waals surface area (Å²) in [6.07, 6.45) is 2.30. The molecule has 0 spiro atoms. The molecule has 78 valence electrons. The lowest BCUT2D eigenvalue weighted by Crippen LogP contribution is -2.08. The lowest BCUT2D eigenvalue weighted by atomic mass is 10.3. The Bertz CT molecular complexity index is 396. The number of anilines is 1. The first-order valence-electron chi connectivity index (χ1n) is 4.33. The van der Waals surface area contributed by atoms with Gasteiger partial charge in [-0.15, -0.1) is 0 Å². The minimum absolute atomic E-state index is 0.204. The molecule has 3 nitrogen and oxygen atoms in total. The van der Waals surface area contributed by atoms with Crippen molar-refractivity contribution >= 4 is 17.4 Å². The summed E-state index contributed by atoms with van der Waals surface area (Å²) in [6, 6.07) is 5.36. The lowest BCUT2D eigenvalue weighted by molar-refractivity contribution is -0.114. The fourth-order valence-corrected chi connectivity index (χ4v) is 0.910.